The molecule has 31 heavy (non-hydrogen) atoms. The average molecular weight is 442 g/mol. The van der Waals surface area contributed by atoms with Crippen molar-refractivity contribution in [1.82, 2.24) is 5.32 Å². The number of benzene rings is 3. The fourth-order valence-electron chi connectivity index (χ4n) is 2.94. The van der Waals surface area contributed by atoms with Crippen LogP contribution in [0.4, 0.5) is 0 Å². The summed E-state index contributed by atoms with van der Waals surface area (Å²) < 4.78 is 12.3. The summed E-state index contributed by atoms with van der Waals surface area (Å²) in [4.78, 5) is 0. The maximum Gasteiger partial charge on any atom is 0.170 e. The lowest BCUT2D eigenvalue weighted by Crippen LogP contribution is -2.38. The summed E-state index contributed by atoms with van der Waals surface area (Å²) in [5.41, 5.74) is 2.89. The summed E-state index contributed by atoms with van der Waals surface area (Å²) in [6, 6.07) is 21.3. The van der Waals surface area contributed by atoms with Crippen LogP contribution in [0.5, 0.6) is 23.0 Å². The number of nitrogens with one attached hydrogen (secondary N) is 1. The fourth-order valence-corrected chi connectivity index (χ4v) is 2.94. The highest BCUT2D eigenvalue weighted by Crippen LogP contribution is 2.37. The molecule has 1 atom stereocenters. The third-order valence-electron chi connectivity index (χ3n) is 4.74. The Bertz CT molecular complexity index is 981. The Hall–Kier alpha value is -2.53. The minimum absolute atomic E-state index is 0. The Morgan fingerprint density at radius 3 is 2.16 bits per heavy atom. The summed E-state index contributed by atoms with van der Waals surface area (Å²) in [5, 5.41) is 14.0. The van der Waals surface area contributed by atoms with Crippen molar-refractivity contribution in [3.8, 4) is 23.0 Å². The zero-order valence-electron chi connectivity index (χ0n) is 18.8. The Morgan fingerprint density at radius 2 is 1.52 bits per heavy atom. The summed E-state index contributed by atoms with van der Waals surface area (Å²) in [6.45, 7) is 10.7. The summed E-state index contributed by atoms with van der Waals surface area (Å²) in [7, 11) is 0. The van der Waals surface area contributed by atoms with Crippen molar-refractivity contribution in [3.05, 3.63) is 83.4 Å². The number of β-amino-alcohol motifs (C(OH)–C–C–N with tert-alkyl or cyclic N) is 1. The van der Waals surface area contributed by atoms with E-state index < -0.39 is 6.10 Å². The first kappa shape index (κ1) is 24.7. The van der Waals surface area contributed by atoms with Gasteiger partial charge in [-0.15, -0.1) is 12.4 Å². The number of para-hydroxylation sites is 1. The summed E-state index contributed by atoms with van der Waals surface area (Å²) >= 11 is 0. The Morgan fingerprint density at radius 1 is 0.839 bits per heavy atom. The van der Waals surface area contributed by atoms with Crippen LogP contribution >= 0.6 is 12.4 Å². The molecule has 0 aliphatic carbocycles. The molecule has 0 fully saturated rings. The predicted octanol–water partition coefficient (Wildman–Crippen LogP) is 6.73. The Balaban J connectivity index is 0.00000341. The topological polar surface area (TPSA) is 50.7 Å². The van der Waals surface area contributed by atoms with Gasteiger partial charge in [0.1, 0.15) is 11.5 Å². The smallest absolute Gasteiger partial charge is 0.170 e. The van der Waals surface area contributed by atoms with Crippen LogP contribution in [0.15, 0.2) is 66.7 Å². The van der Waals surface area contributed by atoms with Crippen molar-refractivity contribution in [2.45, 2.75) is 46.3 Å². The quantitative estimate of drug-likeness (QED) is 0.426. The van der Waals surface area contributed by atoms with Gasteiger partial charge in [0.25, 0.3) is 0 Å². The predicted molar refractivity (Wildman–Crippen MR) is 129 cm³/mol. The van der Waals surface area contributed by atoms with Gasteiger partial charge in [-0.2, -0.15) is 0 Å². The average Bonchev–Trinajstić information content (AvgIpc) is 2.70. The van der Waals surface area contributed by atoms with Crippen molar-refractivity contribution < 1.29 is 14.6 Å². The number of rotatable bonds is 7. The van der Waals surface area contributed by atoms with Crippen molar-refractivity contribution in [1.29, 1.82) is 0 Å². The van der Waals surface area contributed by atoms with Gasteiger partial charge in [0.15, 0.2) is 11.5 Å². The van der Waals surface area contributed by atoms with Crippen LogP contribution < -0.4 is 14.8 Å². The highest BCUT2D eigenvalue weighted by atomic mass is 35.5. The number of aliphatic hydroxyl groups is 1. The number of hydrogen-bond acceptors (Lipinski definition) is 4. The normalized spacial score (nSPS) is 12.1. The molecular weight excluding hydrogens is 410 g/mol. The molecule has 3 aromatic rings. The molecule has 1 unspecified atom stereocenters. The SMILES string of the molecule is Cc1ccc(Oc2ccc(C(O)CNC(C)(C)C)cc2Oc2ccccc2C)cc1.Cl. The van der Waals surface area contributed by atoms with Gasteiger partial charge in [-0.3, -0.25) is 0 Å². The van der Waals surface area contributed by atoms with Crippen molar-refractivity contribution in [3.63, 3.8) is 0 Å². The molecule has 0 aliphatic heterocycles. The first-order chi connectivity index (χ1) is 14.2. The van der Waals surface area contributed by atoms with Gasteiger partial charge in [-0.25, -0.2) is 0 Å². The molecule has 0 aromatic heterocycles. The molecule has 0 aliphatic rings. The second-order valence-corrected chi connectivity index (χ2v) is 8.64. The first-order valence-corrected chi connectivity index (χ1v) is 10.3. The minimum atomic E-state index is -0.656. The molecular formula is C26H32ClNO3. The largest absolute Gasteiger partial charge is 0.453 e. The summed E-state index contributed by atoms with van der Waals surface area (Å²) in [5.74, 6) is 2.66. The van der Waals surface area contributed by atoms with Gasteiger partial charge in [0.05, 0.1) is 6.10 Å². The maximum absolute atomic E-state index is 10.7. The fraction of sp³-hybridized carbons (Fsp3) is 0.308. The summed E-state index contributed by atoms with van der Waals surface area (Å²) in [6.07, 6.45) is -0.656. The number of aryl methyl sites for hydroxylation is 2. The van der Waals surface area contributed by atoms with Gasteiger partial charge in [-0.1, -0.05) is 42.0 Å². The van der Waals surface area contributed by atoms with Crippen LogP contribution in [0, 0.1) is 13.8 Å². The van der Waals surface area contributed by atoms with Gasteiger partial charge >= 0.3 is 0 Å². The van der Waals surface area contributed by atoms with E-state index in [2.05, 4.69) is 26.1 Å². The van der Waals surface area contributed by atoms with E-state index in [9.17, 15) is 5.11 Å². The standard InChI is InChI=1S/C26H31NO3.ClH/c1-18-10-13-21(14-11-18)29-24-15-12-20(22(28)17-27-26(3,4)5)16-25(24)30-23-9-7-6-8-19(23)2;/h6-16,22,27-28H,17H2,1-5H3;1H. The second-order valence-electron chi connectivity index (χ2n) is 8.64. The number of hydrogen-bond donors (Lipinski definition) is 2. The maximum atomic E-state index is 10.7. The molecule has 0 bridgehead atoms. The molecule has 0 saturated carbocycles. The van der Waals surface area contributed by atoms with Crippen LogP contribution in [-0.4, -0.2) is 17.2 Å². The lowest BCUT2D eigenvalue weighted by Gasteiger charge is -2.23. The van der Waals surface area contributed by atoms with Crippen LogP contribution in [-0.2, 0) is 0 Å². The molecule has 3 aromatic carbocycles. The van der Waals surface area contributed by atoms with Crippen LogP contribution in [0.2, 0.25) is 0 Å². The van der Waals surface area contributed by atoms with E-state index in [0.717, 1.165) is 22.6 Å². The molecule has 0 heterocycles. The first-order valence-electron chi connectivity index (χ1n) is 10.3. The molecule has 3 rings (SSSR count). The van der Waals surface area contributed by atoms with Crippen LogP contribution in [0.1, 0.15) is 43.6 Å². The zero-order valence-corrected chi connectivity index (χ0v) is 19.6. The van der Waals surface area contributed by atoms with Crippen LogP contribution in [0.25, 0.3) is 0 Å². The lowest BCUT2D eigenvalue weighted by atomic mass is 10.1. The third-order valence-corrected chi connectivity index (χ3v) is 4.74. The van der Waals surface area contributed by atoms with E-state index >= 15 is 0 Å². The van der Waals surface area contributed by atoms with E-state index in [4.69, 9.17) is 9.47 Å². The number of halogens is 1. The van der Waals surface area contributed by atoms with Gasteiger partial charge < -0.3 is 19.9 Å². The van der Waals surface area contributed by atoms with Crippen molar-refractivity contribution in [2.24, 2.45) is 0 Å². The number of ether oxygens (including phenoxy) is 2. The Kier molecular flexibility index (Phi) is 8.52. The van der Waals surface area contributed by atoms with Crippen molar-refractivity contribution >= 4 is 12.4 Å². The van der Waals surface area contributed by atoms with E-state index in [1.54, 1.807) is 0 Å². The third kappa shape index (κ3) is 7.28. The number of aliphatic hydroxyl groups excluding tert-OH is 1. The second kappa shape index (κ2) is 10.7. The van der Waals surface area contributed by atoms with Crippen LogP contribution in [0.3, 0.4) is 0 Å². The molecule has 166 valence electrons. The zero-order chi connectivity index (χ0) is 21.7. The Labute approximate surface area is 191 Å². The molecule has 0 radical (unpaired) electrons. The van der Waals surface area contributed by atoms with E-state index in [0.29, 0.717) is 18.0 Å². The monoisotopic (exact) mass is 441 g/mol. The lowest BCUT2D eigenvalue weighted by molar-refractivity contribution is 0.163. The van der Waals surface area contributed by atoms with E-state index in [1.807, 2.05) is 80.6 Å². The van der Waals surface area contributed by atoms with Gasteiger partial charge in [0, 0.05) is 12.1 Å². The molecule has 0 amide bonds. The van der Waals surface area contributed by atoms with Crippen molar-refractivity contribution in [2.75, 3.05) is 6.54 Å². The molecule has 5 heteroatoms. The molecule has 0 saturated heterocycles. The van der Waals surface area contributed by atoms with Gasteiger partial charge in [-0.05, 0) is 76.1 Å². The highest BCUT2D eigenvalue weighted by Gasteiger charge is 2.17. The molecule has 2 N–H and O–H groups in total. The van der Waals surface area contributed by atoms with E-state index in [-0.39, 0.29) is 17.9 Å². The minimum Gasteiger partial charge on any atom is -0.453 e. The highest BCUT2D eigenvalue weighted by molar-refractivity contribution is 5.85. The molecule has 0 spiro atoms. The van der Waals surface area contributed by atoms with E-state index in [1.165, 1.54) is 5.56 Å². The van der Waals surface area contributed by atoms with Gasteiger partial charge in [0.2, 0.25) is 0 Å². The molecule has 4 nitrogen and oxygen atoms in total.